The van der Waals surface area contributed by atoms with Crippen molar-refractivity contribution in [3.63, 3.8) is 0 Å². The van der Waals surface area contributed by atoms with Crippen molar-refractivity contribution in [2.75, 3.05) is 13.1 Å². The van der Waals surface area contributed by atoms with E-state index in [9.17, 15) is 9.59 Å². The Kier molecular flexibility index (Phi) is 5.04. The Bertz CT molecular complexity index is 1420. The number of rotatable bonds is 4. The molecule has 1 aromatic carbocycles. The molecule has 174 valence electrons. The van der Waals surface area contributed by atoms with E-state index in [1.54, 1.807) is 76.9 Å². The first-order valence-corrected chi connectivity index (χ1v) is 11.5. The summed E-state index contributed by atoms with van der Waals surface area (Å²) in [6, 6.07) is 17.4. The number of furan rings is 1. The molecule has 8 nitrogen and oxygen atoms in total. The fourth-order valence-electron chi connectivity index (χ4n) is 4.88. The van der Waals surface area contributed by atoms with Crippen LogP contribution in [0, 0.1) is 0 Å². The van der Waals surface area contributed by atoms with Gasteiger partial charge in [-0.15, -0.1) is 0 Å². The number of nitrogens with zero attached hydrogens (tertiary/aromatic N) is 4. The van der Waals surface area contributed by atoms with Gasteiger partial charge in [-0.25, -0.2) is 0 Å². The second kappa shape index (κ2) is 8.25. The van der Waals surface area contributed by atoms with Gasteiger partial charge < -0.3 is 19.0 Å². The number of hydrogen-bond donors (Lipinski definition) is 0. The number of carbonyl (C=O) groups is 2. The summed E-state index contributed by atoms with van der Waals surface area (Å²) in [6.45, 7) is 0.710. The van der Waals surface area contributed by atoms with Crippen molar-refractivity contribution in [2.24, 2.45) is 0 Å². The molecule has 2 aliphatic heterocycles. The number of pyridine rings is 2. The lowest BCUT2D eigenvalue weighted by Gasteiger charge is -2.46. The number of ether oxygens (including phenoxy) is 1. The molecule has 0 aliphatic carbocycles. The van der Waals surface area contributed by atoms with Gasteiger partial charge in [-0.3, -0.25) is 19.6 Å². The lowest BCUT2D eigenvalue weighted by molar-refractivity contribution is 0.00534. The van der Waals surface area contributed by atoms with Crippen molar-refractivity contribution in [3.05, 3.63) is 107 Å². The lowest BCUT2D eigenvalue weighted by atomic mass is 9.86. The molecule has 1 saturated heterocycles. The molecule has 1 fully saturated rings. The quantitative estimate of drug-likeness (QED) is 0.421. The van der Waals surface area contributed by atoms with Gasteiger partial charge in [-0.2, -0.15) is 0 Å². The molecule has 3 aromatic heterocycles. The fourth-order valence-corrected chi connectivity index (χ4v) is 5.00. The van der Waals surface area contributed by atoms with Gasteiger partial charge >= 0.3 is 0 Å². The zero-order valence-electron chi connectivity index (χ0n) is 18.4. The van der Waals surface area contributed by atoms with Crippen LogP contribution in [0.4, 0.5) is 0 Å². The van der Waals surface area contributed by atoms with E-state index >= 15 is 0 Å². The summed E-state index contributed by atoms with van der Waals surface area (Å²) < 4.78 is 11.4. The zero-order chi connectivity index (χ0) is 24.0. The monoisotopic (exact) mass is 486 g/mol. The number of benzene rings is 1. The van der Waals surface area contributed by atoms with Gasteiger partial charge in [0.05, 0.1) is 17.5 Å². The molecule has 4 aromatic rings. The fraction of sp³-hybridized carbons (Fsp3) is 0.154. The van der Waals surface area contributed by atoms with Crippen molar-refractivity contribution < 1.29 is 18.7 Å². The molecule has 0 saturated carbocycles. The van der Waals surface area contributed by atoms with Crippen molar-refractivity contribution in [1.82, 2.24) is 19.8 Å². The van der Waals surface area contributed by atoms with Crippen LogP contribution in [0.3, 0.4) is 0 Å². The maximum absolute atomic E-state index is 13.8. The van der Waals surface area contributed by atoms with E-state index in [-0.39, 0.29) is 23.5 Å². The van der Waals surface area contributed by atoms with E-state index in [1.807, 2.05) is 12.1 Å². The van der Waals surface area contributed by atoms with Crippen molar-refractivity contribution in [1.29, 1.82) is 0 Å². The summed E-state index contributed by atoms with van der Waals surface area (Å²) in [5, 5.41) is 0.566. The molecule has 2 aliphatic rings. The Hall–Kier alpha value is -4.17. The van der Waals surface area contributed by atoms with E-state index in [2.05, 4.69) is 9.97 Å². The summed E-state index contributed by atoms with van der Waals surface area (Å²) in [5.41, 5.74) is 0.910. The molecule has 0 spiro atoms. The molecule has 5 heterocycles. The molecule has 0 radical (unpaired) electrons. The van der Waals surface area contributed by atoms with Crippen LogP contribution < -0.4 is 4.74 Å². The van der Waals surface area contributed by atoms with Crippen LogP contribution in [-0.4, -0.2) is 44.7 Å². The maximum Gasteiger partial charge on any atom is 0.291 e. The van der Waals surface area contributed by atoms with Gasteiger partial charge in [0.15, 0.2) is 5.76 Å². The summed E-state index contributed by atoms with van der Waals surface area (Å²) in [6.07, 6.45) is 5.20. The number of fused-ring (bicyclic) bond motifs is 2. The highest BCUT2D eigenvalue weighted by Gasteiger charge is 2.56. The highest BCUT2D eigenvalue weighted by atomic mass is 35.5. The minimum absolute atomic E-state index is 0.110. The molecule has 35 heavy (non-hydrogen) atoms. The summed E-state index contributed by atoms with van der Waals surface area (Å²) in [4.78, 5) is 39.2. The van der Waals surface area contributed by atoms with Gasteiger partial charge in [0.25, 0.3) is 17.8 Å². The Morgan fingerprint density at radius 2 is 1.86 bits per heavy atom. The van der Waals surface area contributed by atoms with Gasteiger partial charge in [-0.05, 0) is 48.0 Å². The zero-order valence-corrected chi connectivity index (χ0v) is 19.2. The molecule has 0 unspecified atom stereocenters. The number of carbonyl (C=O) groups excluding carboxylic acids is 2. The molecule has 1 atom stereocenters. The smallest absolute Gasteiger partial charge is 0.291 e. The van der Waals surface area contributed by atoms with Crippen LogP contribution in [-0.2, 0) is 12.1 Å². The van der Waals surface area contributed by atoms with Crippen LogP contribution in [0.25, 0.3) is 0 Å². The molecular formula is C26H19ClN4O4. The average molecular weight is 487 g/mol. The van der Waals surface area contributed by atoms with Crippen LogP contribution in [0.2, 0.25) is 5.02 Å². The van der Waals surface area contributed by atoms with Gasteiger partial charge in [0.2, 0.25) is 0 Å². The van der Waals surface area contributed by atoms with Crippen LogP contribution >= 0.6 is 11.6 Å². The van der Waals surface area contributed by atoms with E-state index < -0.39 is 5.66 Å². The van der Waals surface area contributed by atoms with Crippen molar-refractivity contribution in [3.8, 4) is 11.7 Å². The molecule has 2 amide bonds. The standard InChI is InChI=1S/C26H19ClN4O4/c27-18-7-5-17(6-8-18)26-15-21-20(4-2-12-29-21)24(32)30(26)13-14-31(26)25(33)22-9-10-23(35-22)34-19-3-1-11-28-16-19/h1-12,16H,13-15H2/t26-/m1/s1. The van der Waals surface area contributed by atoms with Crippen molar-refractivity contribution >= 4 is 23.4 Å². The SMILES string of the molecule is O=C(c1ccc(Oc2cccnc2)o1)N1CCN2C(=O)c3cccnc3C[C@]12c1ccc(Cl)cc1. The number of aromatic nitrogens is 2. The highest BCUT2D eigenvalue weighted by Crippen LogP contribution is 2.45. The Morgan fingerprint density at radius 1 is 1.03 bits per heavy atom. The normalized spacial score (nSPS) is 18.8. The van der Waals surface area contributed by atoms with Crippen LogP contribution in [0.1, 0.15) is 32.2 Å². The van der Waals surface area contributed by atoms with Gasteiger partial charge in [0, 0.05) is 43.0 Å². The second-order valence-corrected chi connectivity index (χ2v) is 8.76. The van der Waals surface area contributed by atoms with Crippen LogP contribution in [0.15, 0.2) is 83.7 Å². The first-order chi connectivity index (χ1) is 17.1. The van der Waals surface area contributed by atoms with E-state index in [0.717, 1.165) is 5.56 Å². The van der Waals surface area contributed by atoms with Gasteiger partial charge in [0.1, 0.15) is 11.4 Å². The van der Waals surface area contributed by atoms with E-state index in [1.165, 1.54) is 0 Å². The highest BCUT2D eigenvalue weighted by molar-refractivity contribution is 6.30. The molecule has 6 rings (SSSR count). The van der Waals surface area contributed by atoms with Crippen LogP contribution in [0.5, 0.6) is 11.7 Å². The first kappa shape index (κ1) is 21.4. The minimum atomic E-state index is -1.06. The maximum atomic E-state index is 13.8. The third-order valence-corrected chi connectivity index (χ3v) is 6.67. The third kappa shape index (κ3) is 3.45. The average Bonchev–Trinajstić information content (AvgIpc) is 3.50. The van der Waals surface area contributed by atoms with Crippen molar-refractivity contribution in [2.45, 2.75) is 12.1 Å². The number of amides is 2. The lowest BCUT2D eigenvalue weighted by Crippen LogP contribution is -2.58. The molecule has 0 bridgehead atoms. The van der Waals surface area contributed by atoms with Gasteiger partial charge in [-0.1, -0.05) is 23.7 Å². The third-order valence-electron chi connectivity index (χ3n) is 6.42. The number of halogens is 1. The molecule has 0 N–H and O–H groups in total. The topological polar surface area (TPSA) is 88.8 Å². The van der Waals surface area contributed by atoms with E-state index in [4.69, 9.17) is 20.8 Å². The summed E-state index contributed by atoms with van der Waals surface area (Å²) in [7, 11) is 0. The second-order valence-electron chi connectivity index (χ2n) is 8.32. The largest absolute Gasteiger partial charge is 0.424 e. The predicted molar refractivity (Wildman–Crippen MR) is 126 cm³/mol. The summed E-state index contributed by atoms with van der Waals surface area (Å²) >= 11 is 6.16. The first-order valence-electron chi connectivity index (χ1n) is 11.1. The van der Waals surface area contributed by atoms with E-state index in [0.29, 0.717) is 41.5 Å². The predicted octanol–water partition coefficient (Wildman–Crippen LogP) is 4.52. The summed E-state index contributed by atoms with van der Waals surface area (Å²) in [5.74, 6) is 0.259. The Morgan fingerprint density at radius 3 is 2.66 bits per heavy atom. The molecular weight excluding hydrogens is 468 g/mol. The Labute approximate surface area is 205 Å². The minimum Gasteiger partial charge on any atom is -0.424 e. The number of hydrogen-bond acceptors (Lipinski definition) is 6. The molecule has 9 heteroatoms. The Balaban J connectivity index is 1.40.